The summed E-state index contributed by atoms with van der Waals surface area (Å²) in [6.07, 6.45) is -1.11. The van der Waals surface area contributed by atoms with E-state index in [0.29, 0.717) is 5.92 Å². The Kier molecular flexibility index (Phi) is 4.91. The van der Waals surface area contributed by atoms with Gasteiger partial charge in [-0.15, -0.1) is 0 Å². The first kappa shape index (κ1) is 15.4. The Morgan fingerprint density at radius 1 is 1.05 bits per heavy atom. The van der Waals surface area contributed by atoms with Gasteiger partial charge in [-0.2, -0.15) is 0 Å². The lowest BCUT2D eigenvalue weighted by molar-refractivity contribution is 0.186. The van der Waals surface area contributed by atoms with Crippen molar-refractivity contribution in [2.24, 2.45) is 0 Å². The molecule has 0 bridgehead atoms. The molecule has 21 heavy (non-hydrogen) atoms. The second-order valence-electron chi connectivity index (χ2n) is 5.30. The summed E-state index contributed by atoms with van der Waals surface area (Å²) in [5, 5.41) is 13.1. The molecule has 1 atom stereocenters. The number of benzene rings is 2. The van der Waals surface area contributed by atoms with Gasteiger partial charge in [-0.3, -0.25) is 0 Å². The van der Waals surface area contributed by atoms with E-state index in [1.54, 1.807) is 0 Å². The molecule has 0 aliphatic carbocycles. The molecule has 0 heterocycles. The normalized spacial score (nSPS) is 12.5. The van der Waals surface area contributed by atoms with Gasteiger partial charge in [0.1, 0.15) is 11.6 Å². The molecule has 2 N–H and O–H groups in total. The number of halogens is 2. The van der Waals surface area contributed by atoms with E-state index in [9.17, 15) is 13.9 Å². The van der Waals surface area contributed by atoms with Gasteiger partial charge >= 0.3 is 0 Å². The Morgan fingerprint density at radius 3 is 2.48 bits per heavy atom. The molecule has 0 spiro atoms. The highest BCUT2D eigenvalue weighted by Crippen LogP contribution is 2.25. The first-order valence-corrected chi connectivity index (χ1v) is 6.95. The molecule has 1 unspecified atom stereocenters. The standard InChI is InChI=1S/C17H19F2NO/c1-11(2)13-5-3-4-6-16(13)20-10-17(21)14-9-12(18)7-8-15(14)19/h3-9,11,17,20-21H,10H2,1-2H3. The van der Waals surface area contributed by atoms with Crippen molar-refractivity contribution in [1.82, 2.24) is 0 Å². The van der Waals surface area contributed by atoms with Gasteiger partial charge in [0.15, 0.2) is 0 Å². The molecule has 0 saturated heterocycles. The summed E-state index contributed by atoms with van der Waals surface area (Å²) in [5.41, 5.74) is 1.97. The van der Waals surface area contributed by atoms with Crippen LogP contribution in [0.5, 0.6) is 0 Å². The summed E-state index contributed by atoms with van der Waals surface area (Å²) in [6, 6.07) is 10.8. The third kappa shape index (κ3) is 3.79. The van der Waals surface area contributed by atoms with Crippen LogP contribution in [0.3, 0.4) is 0 Å². The van der Waals surface area contributed by atoms with Gasteiger partial charge in [0, 0.05) is 17.8 Å². The van der Waals surface area contributed by atoms with Crippen molar-refractivity contribution in [3.63, 3.8) is 0 Å². The second-order valence-corrected chi connectivity index (χ2v) is 5.30. The topological polar surface area (TPSA) is 32.3 Å². The highest BCUT2D eigenvalue weighted by Gasteiger charge is 2.14. The first-order valence-electron chi connectivity index (χ1n) is 6.95. The maximum Gasteiger partial charge on any atom is 0.129 e. The summed E-state index contributed by atoms with van der Waals surface area (Å²) in [7, 11) is 0. The number of aliphatic hydroxyl groups is 1. The molecule has 0 aliphatic heterocycles. The number of rotatable bonds is 5. The number of hydrogen-bond acceptors (Lipinski definition) is 2. The van der Waals surface area contributed by atoms with Crippen molar-refractivity contribution >= 4 is 5.69 Å². The number of nitrogens with one attached hydrogen (secondary N) is 1. The predicted molar refractivity (Wildman–Crippen MR) is 80.3 cm³/mol. The fourth-order valence-electron chi connectivity index (χ4n) is 2.25. The monoisotopic (exact) mass is 291 g/mol. The lowest BCUT2D eigenvalue weighted by Gasteiger charge is -2.17. The van der Waals surface area contributed by atoms with E-state index < -0.39 is 17.7 Å². The zero-order valence-corrected chi connectivity index (χ0v) is 12.1. The first-order chi connectivity index (χ1) is 9.99. The van der Waals surface area contributed by atoms with Crippen LogP contribution >= 0.6 is 0 Å². The van der Waals surface area contributed by atoms with Crippen LogP contribution < -0.4 is 5.32 Å². The van der Waals surface area contributed by atoms with Crippen LogP contribution in [0.15, 0.2) is 42.5 Å². The van der Waals surface area contributed by atoms with Crippen molar-refractivity contribution in [3.8, 4) is 0 Å². The van der Waals surface area contributed by atoms with Crippen molar-refractivity contribution < 1.29 is 13.9 Å². The molecule has 0 aromatic heterocycles. The minimum absolute atomic E-state index is 0.0375. The fourth-order valence-corrected chi connectivity index (χ4v) is 2.25. The van der Waals surface area contributed by atoms with Crippen molar-refractivity contribution in [1.29, 1.82) is 0 Å². The third-order valence-electron chi connectivity index (χ3n) is 3.39. The third-order valence-corrected chi connectivity index (χ3v) is 3.39. The average Bonchev–Trinajstić information content (AvgIpc) is 2.47. The van der Waals surface area contributed by atoms with Crippen LogP contribution in [-0.2, 0) is 0 Å². The van der Waals surface area contributed by atoms with E-state index in [1.165, 1.54) is 0 Å². The highest BCUT2D eigenvalue weighted by molar-refractivity contribution is 5.52. The molecule has 0 saturated carbocycles. The summed E-state index contributed by atoms with van der Waals surface area (Å²) in [5.74, 6) is -0.840. The minimum atomic E-state index is -1.11. The minimum Gasteiger partial charge on any atom is -0.386 e. The van der Waals surface area contributed by atoms with Crippen LogP contribution in [0.2, 0.25) is 0 Å². The van der Waals surface area contributed by atoms with Gasteiger partial charge in [-0.05, 0) is 35.7 Å². The maximum atomic E-state index is 13.6. The summed E-state index contributed by atoms with van der Waals surface area (Å²) >= 11 is 0. The molecule has 0 aliphatic rings. The van der Waals surface area contributed by atoms with Gasteiger partial charge in [0.2, 0.25) is 0 Å². The molecule has 2 rings (SSSR count). The van der Waals surface area contributed by atoms with Crippen LogP contribution in [0.25, 0.3) is 0 Å². The number of aliphatic hydroxyl groups excluding tert-OH is 1. The molecule has 2 aromatic carbocycles. The Morgan fingerprint density at radius 2 is 1.76 bits per heavy atom. The Balaban J connectivity index is 2.11. The van der Waals surface area contributed by atoms with Gasteiger partial charge < -0.3 is 10.4 Å². The maximum absolute atomic E-state index is 13.6. The molecule has 0 fully saturated rings. The zero-order chi connectivity index (χ0) is 15.4. The molecule has 2 aromatic rings. The molecule has 0 amide bonds. The Labute approximate surface area is 123 Å². The molecule has 0 radical (unpaired) electrons. The lowest BCUT2D eigenvalue weighted by atomic mass is 10.0. The van der Waals surface area contributed by atoms with Gasteiger partial charge in [-0.1, -0.05) is 32.0 Å². The largest absolute Gasteiger partial charge is 0.386 e. The molecule has 112 valence electrons. The number of para-hydroxylation sites is 1. The average molecular weight is 291 g/mol. The van der Waals surface area contributed by atoms with Crippen molar-refractivity contribution in [3.05, 3.63) is 65.2 Å². The summed E-state index contributed by atoms with van der Waals surface area (Å²) in [6.45, 7) is 4.26. The van der Waals surface area contributed by atoms with Crippen LogP contribution in [0.1, 0.15) is 37.0 Å². The lowest BCUT2D eigenvalue weighted by Crippen LogP contribution is -2.15. The summed E-state index contributed by atoms with van der Waals surface area (Å²) in [4.78, 5) is 0. The Hall–Kier alpha value is -1.94. The van der Waals surface area contributed by atoms with E-state index >= 15 is 0 Å². The summed E-state index contributed by atoms with van der Waals surface area (Å²) < 4.78 is 26.7. The molecular formula is C17H19F2NO. The van der Waals surface area contributed by atoms with Crippen molar-refractivity contribution in [2.45, 2.75) is 25.9 Å². The fraction of sp³-hybridized carbons (Fsp3) is 0.294. The van der Waals surface area contributed by atoms with Crippen LogP contribution in [-0.4, -0.2) is 11.7 Å². The van der Waals surface area contributed by atoms with Crippen LogP contribution in [0.4, 0.5) is 14.5 Å². The molecular weight excluding hydrogens is 272 g/mol. The van der Waals surface area contributed by atoms with Crippen LogP contribution in [0, 0.1) is 11.6 Å². The van der Waals surface area contributed by atoms with E-state index in [2.05, 4.69) is 19.2 Å². The van der Waals surface area contributed by atoms with E-state index in [1.807, 2.05) is 24.3 Å². The smallest absolute Gasteiger partial charge is 0.129 e. The van der Waals surface area contributed by atoms with E-state index in [4.69, 9.17) is 0 Å². The molecule has 4 heteroatoms. The SMILES string of the molecule is CC(C)c1ccccc1NCC(O)c1cc(F)ccc1F. The number of anilines is 1. The predicted octanol–water partition coefficient (Wildman–Crippen LogP) is 4.23. The Bertz CT molecular complexity index is 613. The molecule has 2 nitrogen and oxygen atoms in total. The number of hydrogen-bond donors (Lipinski definition) is 2. The van der Waals surface area contributed by atoms with Gasteiger partial charge in [0.25, 0.3) is 0 Å². The quantitative estimate of drug-likeness (QED) is 0.864. The zero-order valence-electron chi connectivity index (χ0n) is 12.1. The second kappa shape index (κ2) is 6.68. The highest BCUT2D eigenvalue weighted by atomic mass is 19.1. The van der Waals surface area contributed by atoms with E-state index in [0.717, 1.165) is 29.4 Å². The van der Waals surface area contributed by atoms with Gasteiger partial charge in [0.05, 0.1) is 6.10 Å². The van der Waals surface area contributed by atoms with E-state index in [-0.39, 0.29) is 12.1 Å². The van der Waals surface area contributed by atoms with Gasteiger partial charge in [-0.25, -0.2) is 8.78 Å². The van der Waals surface area contributed by atoms with Crippen molar-refractivity contribution in [2.75, 3.05) is 11.9 Å².